The standard InChI is InChI=1S/C20H24N4O3/c1-12-7-19(22-13(2)21-12)23-10-14-8-15(11-23)24(14)20(25)17-6-5-16(26-3)9-18(17)27-4/h5-7,9,14-15H,8,10-11H2,1-4H3. The van der Waals surface area contributed by atoms with Crippen LogP contribution in [-0.2, 0) is 0 Å². The second kappa shape index (κ2) is 6.72. The number of carbonyl (C=O) groups is 1. The van der Waals surface area contributed by atoms with Gasteiger partial charge in [-0.1, -0.05) is 0 Å². The van der Waals surface area contributed by atoms with E-state index >= 15 is 0 Å². The number of nitrogens with zero attached hydrogens (tertiary/aromatic N) is 4. The van der Waals surface area contributed by atoms with Crippen LogP contribution in [-0.4, -0.2) is 60.2 Å². The summed E-state index contributed by atoms with van der Waals surface area (Å²) in [5.74, 6) is 2.96. The molecule has 2 unspecified atom stereocenters. The predicted octanol–water partition coefficient (Wildman–Crippen LogP) is 2.21. The summed E-state index contributed by atoms with van der Waals surface area (Å²) in [7, 11) is 3.17. The molecular weight excluding hydrogens is 344 g/mol. The molecule has 5 rings (SSSR count). The predicted molar refractivity (Wildman–Crippen MR) is 102 cm³/mol. The van der Waals surface area contributed by atoms with E-state index in [0.29, 0.717) is 17.1 Å². The van der Waals surface area contributed by atoms with E-state index in [1.807, 2.05) is 24.8 Å². The normalized spacial score (nSPS) is 20.9. The Bertz CT molecular complexity index is 853. The van der Waals surface area contributed by atoms with Crippen LogP contribution in [0.4, 0.5) is 5.82 Å². The summed E-state index contributed by atoms with van der Waals surface area (Å²) in [5, 5.41) is 0. The molecule has 27 heavy (non-hydrogen) atoms. The van der Waals surface area contributed by atoms with E-state index in [1.54, 1.807) is 32.4 Å². The van der Waals surface area contributed by atoms with E-state index < -0.39 is 0 Å². The van der Waals surface area contributed by atoms with Crippen LogP contribution in [0.2, 0.25) is 0 Å². The fourth-order valence-electron chi connectivity index (χ4n) is 4.10. The minimum Gasteiger partial charge on any atom is -0.497 e. The monoisotopic (exact) mass is 368 g/mol. The van der Waals surface area contributed by atoms with Crippen molar-refractivity contribution in [2.75, 3.05) is 32.2 Å². The van der Waals surface area contributed by atoms with Gasteiger partial charge in [-0.05, 0) is 32.4 Å². The Morgan fingerprint density at radius 2 is 1.81 bits per heavy atom. The van der Waals surface area contributed by atoms with Crippen LogP contribution in [0, 0.1) is 13.8 Å². The molecule has 2 bridgehead atoms. The van der Waals surface area contributed by atoms with Crippen LogP contribution in [0.15, 0.2) is 24.3 Å². The quantitative estimate of drug-likeness (QED) is 0.824. The van der Waals surface area contributed by atoms with E-state index in [2.05, 4.69) is 14.9 Å². The number of aryl methyl sites for hydroxylation is 2. The summed E-state index contributed by atoms with van der Waals surface area (Å²) >= 11 is 0. The van der Waals surface area contributed by atoms with Crippen molar-refractivity contribution in [1.29, 1.82) is 0 Å². The van der Waals surface area contributed by atoms with Crippen molar-refractivity contribution in [3.63, 3.8) is 0 Å². The van der Waals surface area contributed by atoms with Crippen molar-refractivity contribution >= 4 is 11.7 Å². The molecule has 1 aromatic carbocycles. The van der Waals surface area contributed by atoms with Gasteiger partial charge in [0.05, 0.1) is 31.9 Å². The van der Waals surface area contributed by atoms with E-state index in [4.69, 9.17) is 9.47 Å². The second-order valence-electron chi connectivity index (χ2n) is 7.14. The molecule has 3 fully saturated rings. The molecule has 0 spiro atoms. The first-order chi connectivity index (χ1) is 13.0. The third-order valence-corrected chi connectivity index (χ3v) is 5.34. The number of benzene rings is 1. The molecule has 0 N–H and O–H groups in total. The summed E-state index contributed by atoms with van der Waals surface area (Å²) in [6, 6.07) is 7.72. The first kappa shape index (κ1) is 17.6. The molecule has 7 nitrogen and oxygen atoms in total. The summed E-state index contributed by atoms with van der Waals surface area (Å²) in [5.41, 5.74) is 1.54. The maximum Gasteiger partial charge on any atom is 0.258 e. The largest absolute Gasteiger partial charge is 0.497 e. The number of hydrogen-bond donors (Lipinski definition) is 0. The van der Waals surface area contributed by atoms with Gasteiger partial charge in [-0.25, -0.2) is 9.97 Å². The van der Waals surface area contributed by atoms with Crippen molar-refractivity contribution in [1.82, 2.24) is 14.9 Å². The number of carbonyl (C=O) groups excluding carboxylic acids is 1. The van der Waals surface area contributed by atoms with Crippen LogP contribution >= 0.6 is 0 Å². The molecule has 0 aliphatic carbocycles. The van der Waals surface area contributed by atoms with E-state index in [0.717, 1.165) is 36.8 Å². The van der Waals surface area contributed by atoms with E-state index in [9.17, 15) is 4.79 Å². The molecular formula is C20H24N4O3. The van der Waals surface area contributed by atoms with Gasteiger partial charge in [0.2, 0.25) is 0 Å². The lowest BCUT2D eigenvalue weighted by Crippen LogP contribution is -2.70. The van der Waals surface area contributed by atoms with Gasteiger partial charge in [0.15, 0.2) is 0 Å². The molecule has 0 saturated carbocycles. The highest BCUT2D eigenvalue weighted by molar-refractivity contribution is 5.98. The summed E-state index contributed by atoms with van der Waals surface area (Å²) in [6.45, 7) is 5.47. The van der Waals surface area contributed by atoms with Crippen LogP contribution in [0.1, 0.15) is 28.3 Å². The molecule has 2 aromatic rings. The van der Waals surface area contributed by atoms with Crippen molar-refractivity contribution in [2.24, 2.45) is 0 Å². The van der Waals surface area contributed by atoms with Gasteiger partial charge < -0.3 is 19.3 Å². The zero-order chi connectivity index (χ0) is 19.1. The van der Waals surface area contributed by atoms with Crippen molar-refractivity contribution < 1.29 is 14.3 Å². The number of piperazine rings is 1. The third kappa shape index (κ3) is 3.07. The summed E-state index contributed by atoms with van der Waals surface area (Å²) in [6.07, 6.45) is 1.03. The van der Waals surface area contributed by atoms with Crippen LogP contribution < -0.4 is 14.4 Å². The van der Waals surface area contributed by atoms with Gasteiger partial charge in [0.1, 0.15) is 23.1 Å². The lowest BCUT2D eigenvalue weighted by Gasteiger charge is -2.56. The highest BCUT2D eigenvalue weighted by Crippen LogP contribution is 2.37. The zero-order valence-electron chi connectivity index (χ0n) is 16.1. The number of piperidine rings is 1. The maximum absolute atomic E-state index is 13.1. The van der Waals surface area contributed by atoms with Gasteiger partial charge in [-0.2, -0.15) is 0 Å². The Hall–Kier alpha value is -2.83. The lowest BCUT2D eigenvalue weighted by atomic mass is 9.86. The Morgan fingerprint density at radius 1 is 1.07 bits per heavy atom. The number of aromatic nitrogens is 2. The molecule has 3 aliphatic heterocycles. The van der Waals surface area contributed by atoms with Gasteiger partial charge in [-0.15, -0.1) is 0 Å². The topological polar surface area (TPSA) is 67.8 Å². The lowest BCUT2D eigenvalue weighted by molar-refractivity contribution is 0.00550. The Balaban J connectivity index is 1.53. The molecule has 142 valence electrons. The fourth-order valence-corrected chi connectivity index (χ4v) is 4.10. The Kier molecular flexibility index (Phi) is 4.37. The second-order valence-corrected chi connectivity index (χ2v) is 7.14. The van der Waals surface area contributed by atoms with Gasteiger partial charge in [0.25, 0.3) is 5.91 Å². The number of ether oxygens (including phenoxy) is 2. The highest BCUT2D eigenvalue weighted by Gasteiger charge is 2.48. The molecule has 3 aliphatic rings. The van der Waals surface area contributed by atoms with Gasteiger partial charge in [0, 0.05) is 30.9 Å². The van der Waals surface area contributed by atoms with Crippen LogP contribution in [0.25, 0.3) is 0 Å². The molecule has 2 atom stereocenters. The van der Waals surface area contributed by atoms with E-state index in [-0.39, 0.29) is 18.0 Å². The summed E-state index contributed by atoms with van der Waals surface area (Å²) < 4.78 is 10.6. The average Bonchev–Trinajstić information content (AvgIpc) is 2.66. The minimum atomic E-state index is 0.0189. The van der Waals surface area contributed by atoms with Crippen LogP contribution in [0.5, 0.6) is 11.5 Å². The highest BCUT2D eigenvalue weighted by atomic mass is 16.5. The molecule has 3 saturated heterocycles. The zero-order valence-corrected chi connectivity index (χ0v) is 16.1. The Labute approximate surface area is 158 Å². The molecule has 4 heterocycles. The maximum atomic E-state index is 13.1. The molecule has 7 heteroatoms. The van der Waals surface area contributed by atoms with Crippen molar-refractivity contribution in [2.45, 2.75) is 32.4 Å². The number of rotatable bonds is 4. The number of amides is 1. The molecule has 0 radical (unpaired) electrons. The number of anilines is 1. The smallest absolute Gasteiger partial charge is 0.258 e. The fraction of sp³-hybridized carbons (Fsp3) is 0.450. The number of hydrogen-bond acceptors (Lipinski definition) is 6. The average molecular weight is 368 g/mol. The third-order valence-electron chi connectivity index (χ3n) is 5.34. The number of fused-ring (bicyclic) bond motifs is 2. The summed E-state index contributed by atoms with van der Waals surface area (Å²) in [4.78, 5) is 26.3. The van der Waals surface area contributed by atoms with Crippen molar-refractivity contribution in [3.8, 4) is 11.5 Å². The van der Waals surface area contributed by atoms with E-state index in [1.165, 1.54) is 0 Å². The van der Waals surface area contributed by atoms with Crippen LogP contribution in [0.3, 0.4) is 0 Å². The molecule has 1 amide bonds. The Morgan fingerprint density at radius 3 is 2.44 bits per heavy atom. The SMILES string of the molecule is COc1ccc(C(=O)N2C3CC2CN(c2cc(C)nc(C)n2)C3)c(OC)c1. The van der Waals surface area contributed by atoms with Gasteiger partial charge >= 0.3 is 0 Å². The first-order valence-corrected chi connectivity index (χ1v) is 9.12. The molecule has 1 aromatic heterocycles. The minimum absolute atomic E-state index is 0.0189. The van der Waals surface area contributed by atoms with Gasteiger partial charge in [-0.3, -0.25) is 4.79 Å². The first-order valence-electron chi connectivity index (χ1n) is 9.12. The number of methoxy groups -OCH3 is 2. The van der Waals surface area contributed by atoms with Crippen molar-refractivity contribution in [3.05, 3.63) is 41.3 Å².